The Kier molecular flexibility index (Phi) is 12.6. The van der Waals surface area contributed by atoms with Crippen LogP contribution in [0.15, 0.2) is 40.4 Å². The molecule has 0 aliphatic rings. The quantitative estimate of drug-likeness (QED) is 0.271. The molecule has 0 atom stereocenters. The van der Waals surface area contributed by atoms with Crippen molar-refractivity contribution in [3.05, 3.63) is 40.4 Å². The molecule has 0 saturated carbocycles. The van der Waals surface area contributed by atoms with Crippen molar-refractivity contribution in [1.82, 2.24) is 0 Å². The molecule has 0 aromatic carbocycles. The molecule has 0 aliphatic heterocycles. The number of hydrogen-bond acceptors (Lipinski definition) is 10. The summed E-state index contributed by atoms with van der Waals surface area (Å²) in [6.07, 6.45) is 0. The third-order valence-corrected chi connectivity index (χ3v) is 16.0. The number of allylic oxidation sites excluding steroid dienone is 8. The molecule has 0 N–H and O–H groups in total. The van der Waals surface area contributed by atoms with Gasteiger partial charge in [0.25, 0.3) is 0 Å². The molecular formula is C25H19BN10Sn2. The maximum absolute atomic E-state index is 10.3. The monoisotopic (exact) mass is 710 g/mol. The van der Waals surface area contributed by atoms with Gasteiger partial charge in [0.05, 0.1) is 0 Å². The molecule has 38 heavy (non-hydrogen) atoms. The van der Waals surface area contributed by atoms with Crippen LogP contribution in [0.2, 0.25) is 35.5 Å². The average Bonchev–Trinajstić information content (AvgIpc) is 2.85. The Morgan fingerprint density at radius 3 is 0.895 bits per heavy atom. The summed E-state index contributed by atoms with van der Waals surface area (Å²) in [5.74, 6) is -1.81. The normalized spacial score (nSPS) is 11.2. The topological polar surface area (TPSA) is 238 Å². The Bertz CT molecular complexity index is 1440. The van der Waals surface area contributed by atoms with E-state index < -0.39 is 71.6 Å². The van der Waals surface area contributed by atoms with Crippen molar-refractivity contribution in [1.29, 1.82) is 52.6 Å². The van der Waals surface area contributed by atoms with E-state index in [1.807, 2.05) is 53.9 Å². The van der Waals surface area contributed by atoms with E-state index >= 15 is 0 Å². The Morgan fingerprint density at radius 1 is 0.447 bits per heavy atom. The molecule has 0 aromatic heterocycles. The average molecular weight is 708 g/mol. The van der Waals surface area contributed by atoms with E-state index in [-0.39, 0.29) is 18.1 Å². The van der Waals surface area contributed by atoms with Gasteiger partial charge in [-0.15, -0.1) is 0 Å². The van der Waals surface area contributed by atoms with Gasteiger partial charge in [0, 0.05) is 0 Å². The zero-order valence-corrected chi connectivity index (χ0v) is 27.3. The van der Waals surface area contributed by atoms with E-state index in [0.29, 0.717) is 0 Å². The standard InChI is InChI=1S/C19HBN10.6CH3.2Sn/c21-3-1-15(9-27)20(16(10-28)2-4-22)19(17(11-29)13(5-23)6-24)18(12-30)14(7-25)8-26;;;;;;;;/h19H;6*1H3;;. The molecule has 0 amide bonds. The van der Waals surface area contributed by atoms with Gasteiger partial charge in [-0.3, -0.25) is 0 Å². The first-order chi connectivity index (χ1) is 17.7. The van der Waals surface area contributed by atoms with Gasteiger partial charge in [-0.2, -0.15) is 0 Å². The van der Waals surface area contributed by atoms with Gasteiger partial charge in [0.2, 0.25) is 0 Å². The third kappa shape index (κ3) is 7.28. The molecule has 0 spiro atoms. The van der Waals surface area contributed by atoms with Crippen molar-refractivity contribution >= 4 is 43.5 Å². The summed E-state index contributed by atoms with van der Waals surface area (Å²) in [5, 5.41) is 99.3. The van der Waals surface area contributed by atoms with Crippen LogP contribution in [0, 0.1) is 113 Å². The van der Waals surface area contributed by atoms with Gasteiger partial charge >= 0.3 is 233 Å². The molecule has 0 aliphatic carbocycles. The summed E-state index contributed by atoms with van der Waals surface area (Å²) < 4.78 is 0.123. The first-order valence-corrected chi connectivity index (χ1v) is 30.7. The van der Waals surface area contributed by atoms with Gasteiger partial charge in [-0.25, -0.2) is 0 Å². The molecule has 0 radical (unpaired) electrons. The van der Waals surface area contributed by atoms with Crippen molar-refractivity contribution in [2.24, 2.45) is 0 Å². The van der Waals surface area contributed by atoms with Crippen LogP contribution in [0.3, 0.4) is 0 Å². The maximum atomic E-state index is 10.3. The summed E-state index contributed by atoms with van der Waals surface area (Å²) >= 11 is -7.03. The van der Waals surface area contributed by atoms with Crippen LogP contribution in [0.25, 0.3) is 0 Å². The first kappa shape index (κ1) is 33.5. The van der Waals surface area contributed by atoms with E-state index in [0.717, 1.165) is 0 Å². The second-order valence-corrected chi connectivity index (χ2v) is 38.3. The predicted octanol–water partition coefficient (Wildman–Crippen LogP) is 4.11. The van der Waals surface area contributed by atoms with Crippen molar-refractivity contribution < 1.29 is 0 Å². The van der Waals surface area contributed by atoms with Crippen molar-refractivity contribution in [3.8, 4) is 60.7 Å². The van der Waals surface area contributed by atoms with E-state index in [2.05, 4.69) is 0 Å². The fourth-order valence-corrected chi connectivity index (χ4v) is 11.4. The van der Waals surface area contributed by atoms with Gasteiger partial charge in [-0.1, -0.05) is 0 Å². The van der Waals surface area contributed by atoms with Gasteiger partial charge < -0.3 is 0 Å². The SMILES string of the molecule is [CH3][Sn]([CH3])([CH3])[C](C#N)=C(C#N)B(C(C#N)=[C](C#N)[Sn]([CH3])([CH3])[CH3])C(C(C#N)=C(C#N)C#N)C(C#N)=C(C#N)C#N. The van der Waals surface area contributed by atoms with Crippen LogP contribution < -0.4 is 0 Å². The Morgan fingerprint density at radius 2 is 0.737 bits per heavy atom. The van der Waals surface area contributed by atoms with E-state index in [1.54, 1.807) is 36.4 Å². The third-order valence-electron chi connectivity index (χ3n) is 5.31. The first-order valence-electron chi connectivity index (χ1n) is 10.7. The van der Waals surface area contributed by atoms with Gasteiger partial charge in [0.1, 0.15) is 0 Å². The molecular weight excluding hydrogens is 689 g/mol. The van der Waals surface area contributed by atoms with Crippen LogP contribution in [0.1, 0.15) is 0 Å². The van der Waals surface area contributed by atoms with E-state index in [9.17, 15) is 52.6 Å². The molecule has 13 heteroatoms. The molecule has 0 fully saturated rings. The molecule has 0 aromatic rings. The van der Waals surface area contributed by atoms with Crippen molar-refractivity contribution in [2.45, 2.75) is 35.5 Å². The minimum atomic E-state index is -3.52. The molecule has 180 valence electrons. The van der Waals surface area contributed by atoms with Crippen LogP contribution in [-0.4, -0.2) is 43.5 Å². The Labute approximate surface area is 231 Å². The van der Waals surface area contributed by atoms with Crippen LogP contribution in [-0.2, 0) is 0 Å². The fourth-order valence-electron chi connectivity index (χ4n) is 3.63. The number of nitrogens with zero attached hydrogens (tertiary/aromatic N) is 10. The van der Waals surface area contributed by atoms with Crippen molar-refractivity contribution in [2.75, 3.05) is 0 Å². The molecule has 0 rings (SSSR count). The Balaban J connectivity index is 9.16. The second-order valence-electron chi connectivity index (χ2n) is 9.73. The zero-order chi connectivity index (χ0) is 29.8. The molecule has 0 unspecified atom stereocenters. The number of rotatable bonds is 7. The molecule has 0 bridgehead atoms. The Hall–Kier alpha value is -4.48. The second kappa shape index (κ2) is 14.3. The molecule has 10 nitrogen and oxygen atoms in total. The summed E-state index contributed by atoms with van der Waals surface area (Å²) in [6, 6.07) is 17.5. The molecule has 0 heterocycles. The zero-order valence-electron chi connectivity index (χ0n) is 21.6. The van der Waals surface area contributed by atoms with Crippen LogP contribution in [0.4, 0.5) is 0 Å². The van der Waals surface area contributed by atoms with Crippen LogP contribution >= 0.6 is 0 Å². The van der Waals surface area contributed by atoms with Gasteiger partial charge in [0.15, 0.2) is 0 Å². The van der Waals surface area contributed by atoms with E-state index in [1.165, 1.54) is 0 Å². The minimum absolute atomic E-state index is 0.0615. The summed E-state index contributed by atoms with van der Waals surface area (Å²) in [7, 11) is 0. The van der Waals surface area contributed by atoms with Crippen LogP contribution in [0.5, 0.6) is 0 Å². The summed E-state index contributed by atoms with van der Waals surface area (Å²) in [6.45, 7) is -1.65. The van der Waals surface area contributed by atoms with Gasteiger partial charge in [-0.05, 0) is 0 Å². The predicted molar refractivity (Wildman–Crippen MR) is 140 cm³/mol. The van der Waals surface area contributed by atoms with Crippen molar-refractivity contribution in [3.63, 3.8) is 0 Å². The number of hydrogen-bond donors (Lipinski definition) is 0. The summed E-state index contributed by atoms with van der Waals surface area (Å²) in [4.78, 5) is 10.9. The fraction of sp³-hybridized carbons (Fsp3) is 0.280. The molecule has 0 saturated heterocycles. The number of nitriles is 10. The van der Waals surface area contributed by atoms with E-state index in [4.69, 9.17) is 0 Å². The summed E-state index contributed by atoms with van der Waals surface area (Å²) in [5.41, 5.74) is -3.46.